The van der Waals surface area contributed by atoms with Crippen LogP contribution in [0.3, 0.4) is 0 Å². The second kappa shape index (κ2) is 11.5. The molecule has 196 valence electrons. The number of amides is 2. The van der Waals surface area contributed by atoms with Gasteiger partial charge in [0.05, 0.1) is 5.75 Å². The number of piperazine rings is 1. The van der Waals surface area contributed by atoms with E-state index in [1.807, 2.05) is 18.6 Å². The summed E-state index contributed by atoms with van der Waals surface area (Å²) >= 11 is 6.00. The summed E-state index contributed by atoms with van der Waals surface area (Å²) in [6.45, 7) is 5.93. The molecule has 36 heavy (non-hydrogen) atoms. The number of halogens is 3. The van der Waals surface area contributed by atoms with Crippen LogP contribution < -0.4 is 9.46 Å². The standard InChI is InChI=1S/C24H28ClF2N3O5S/c1-15-11-30(16(2)10-29(15)12-18-4-6-21(26)22(27)8-18)24(32)13-35-23-7-5-20(25)9-19(23)14-36(33,34)28-17(3)31/h4-9,15-16H,10-14H2,1-3H3,(H,28,31)/t15-,16+/m0/s1. The van der Waals surface area contributed by atoms with Crippen LogP contribution in [0.15, 0.2) is 36.4 Å². The van der Waals surface area contributed by atoms with E-state index in [0.717, 1.165) is 13.0 Å². The summed E-state index contributed by atoms with van der Waals surface area (Å²) in [5.74, 6) is -3.18. The van der Waals surface area contributed by atoms with E-state index in [1.54, 1.807) is 4.90 Å². The predicted molar refractivity (Wildman–Crippen MR) is 131 cm³/mol. The number of rotatable bonds is 8. The zero-order chi connectivity index (χ0) is 26.6. The number of carbonyl (C=O) groups is 2. The number of benzene rings is 2. The van der Waals surface area contributed by atoms with Crippen molar-refractivity contribution in [3.63, 3.8) is 0 Å². The Morgan fingerprint density at radius 3 is 2.47 bits per heavy atom. The molecule has 1 fully saturated rings. The fraction of sp³-hybridized carbons (Fsp3) is 0.417. The molecule has 0 unspecified atom stereocenters. The van der Waals surface area contributed by atoms with Gasteiger partial charge in [0.25, 0.3) is 5.91 Å². The lowest BCUT2D eigenvalue weighted by atomic mass is 10.1. The molecule has 0 aromatic heterocycles. The molecule has 12 heteroatoms. The van der Waals surface area contributed by atoms with Gasteiger partial charge in [0.15, 0.2) is 18.2 Å². The van der Waals surface area contributed by atoms with E-state index in [0.29, 0.717) is 25.2 Å². The molecule has 0 saturated carbocycles. The molecule has 3 rings (SSSR count). The highest BCUT2D eigenvalue weighted by Gasteiger charge is 2.32. The zero-order valence-electron chi connectivity index (χ0n) is 20.1. The van der Waals surface area contributed by atoms with Crippen molar-refractivity contribution in [1.82, 2.24) is 14.5 Å². The van der Waals surface area contributed by atoms with Crippen molar-refractivity contribution in [1.29, 1.82) is 0 Å². The van der Waals surface area contributed by atoms with Crippen LogP contribution in [0.1, 0.15) is 31.9 Å². The highest BCUT2D eigenvalue weighted by molar-refractivity contribution is 7.89. The topological polar surface area (TPSA) is 96.0 Å². The number of sulfonamides is 1. The van der Waals surface area contributed by atoms with Crippen molar-refractivity contribution < 1.29 is 31.5 Å². The van der Waals surface area contributed by atoms with E-state index in [1.165, 1.54) is 30.3 Å². The number of nitrogens with one attached hydrogen (secondary N) is 1. The smallest absolute Gasteiger partial charge is 0.260 e. The van der Waals surface area contributed by atoms with Crippen LogP contribution in [0.25, 0.3) is 0 Å². The summed E-state index contributed by atoms with van der Waals surface area (Å²) in [5, 5.41) is 0.279. The number of hydrogen-bond acceptors (Lipinski definition) is 6. The lowest BCUT2D eigenvalue weighted by Gasteiger charge is -2.44. The van der Waals surface area contributed by atoms with Crippen molar-refractivity contribution in [2.45, 2.75) is 45.2 Å². The molecule has 0 radical (unpaired) electrons. The number of carbonyl (C=O) groups excluding carboxylic acids is 2. The molecule has 2 amide bonds. The van der Waals surface area contributed by atoms with Crippen LogP contribution in [0.5, 0.6) is 5.75 Å². The molecule has 1 aliphatic rings. The molecule has 2 atom stereocenters. The molecule has 0 aliphatic carbocycles. The fourth-order valence-electron chi connectivity index (χ4n) is 4.12. The molecule has 0 spiro atoms. The largest absolute Gasteiger partial charge is 0.483 e. The van der Waals surface area contributed by atoms with E-state index in [2.05, 4.69) is 4.90 Å². The van der Waals surface area contributed by atoms with Gasteiger partial charge in [-0.25, -0.2) is 17.2 Å². The van der Waals surface area contributed by atoms with Crippen LogP contribution in [0, 0.1) is 11.6 Å². The van der Waals surface area contributed by atoms with Gasteiger partial charge in [-0.1, -0.05) is 17.7 Å². The van der Waals surface area contributed by atoms with Crippen LogP contribution in [-0.2, 0) is 31.9 Å². The first-order chi connectivity index (χ1) is 16.8. The second-order valence-electron chi connectivity index (χ2n) is 8.88. The molecule has 2 aromatic rings. The molecular weight excluding hydrogens is 516 g/mol. The zero-order valence-corrected chi connectivity index (χ0v) is 21.7. The van der Waals surface area contributed by atoms with Gasteiger partial charge in [-0.05, 0) is 49.7 Å². The summed E-state index contributed by atoms with van der Waals surface area (Å²) in [7, 11) is -3.97. The molecular formula is C24H28ClF2N3O5S. The quantitative estimate of drug-likeness (QED) is 0.550. The number of ether oxygens (including phenoxy) is 1. The summed E-state index contributed by atoms with van der Waals surface area (Å²) in [6, 6.07) is 7.98. The minimum Gasteiger partial charge on any atom is -0.483 e. The minimum absolute atomic E-state index is 0.0489. The molecule has 1 N–H and O–H groups in total. The third-order valence-corrected chi connectivity index (χ3v) is 7.35. The van der Waals surface area contributed by atoms with E-state index in [-0.39, 0.29) is 40.9 Å². The predicted octanol–water partition coefficient (Wildman–Crippen LogP) is 3.08. The summed E-state index contributed by atoms with van der Waals surface area (Å²) in [5.41, 5.74) is 0.849. The van der Waals surface area contributed by atoms with Crippen LogP contribution in [-0.4, -0.2) is 61.8 Å². The third-order valence-electron chi connectivity index (χ3n) is 5.82. The van der Waals surface area contributed by atoms with E-state index >= 15 is 0 Å². The van der Waals surface area contributed by atoms with Crippen molar-refractivity contribution in [3.8, 4) is 5.75 Å². The van der Waals surface area contributed by atoms with Gasteiger partial charge in [0.1, 0.15) is 5.75 Å². The number of hydrogen-bond donors (Lipinski definition) is 1. The van der Waals surface area contributed by atoms with Gasteiger partial charge >= 0.3 is 0 Å². The Balaban J connectivity index is 1.63. The van der Waals surface area contributed by atoms with Gasteiger partial charge in [0, 0.05) is 49.2 Å². The molecule has 2 aromatic carbocycles. The SMILES string of the molecule is CC(=O)NS(=O)(=O)Cc1cc(Cl)ccc1OCC(=O)N1C[C@H](C)N(Cc2ccc(F)c(F)c2)C[C@H]1C. The van der Waals surface area contributed by atoms with Crippen molar-refractivity contribution in [2.24, 2.45) is 0 Å². The van der Waals surface area contributed by atoms with Crippen LogP contribution in [0.2, 0.25) is 5.02 Å². The fourth-order valence-corrected chi connectivity index (χ4v) is 5.46. The van der Waals surface area contributed by atoms with Crippen LogP contribution in [0.4, 0.5) is 8.78 Å². The molecule has 0 bridgehead atoms. The van der Waals surface area contributed by atoms with Gasteiger partial charge in [-0.3, -0.25) is 19.2 Å². The second-order valence-corrected chi connectivity index (χ2v) is 11.0. The summed E-state index contributed by atoms with van der Waals surface area (Å²) in [6.07, 6.45) is 0. The lowest BCUT2D eigenvalue weighted by Crippen LogP contribution is -2.58. The Bertz CT molecular complexity index is 1240. The highest BCUT2D eigenvalue weighted by atomic mass is 35.5. The highest BCUT2D eigenvalue weighted by Crippen LogP contribution is 2.25. The Labute approximate surface area is 214 Å². The van der Waals surface area contributed by atoms with Gasteiger partial charge in [0.2, 0.25) is 15.9 Å². The molecule has 1 heterocycles. The van der Waals surface area contributed by atoms with E-state index in [9.17, 15) is 26.8 Å². The monoisotopic (exact) mass is 543 g/mol. The lowest BCUT2D eigenvalue weighted by molar-refractivity contribution is -0.139. The summed E-state index contributed by atoms with van der Waals surface area (Å²) in [4.78, 5) is 27.9. The maximum Gasteiger partial charge on any atom is 0.260 e. The number of nitrogens with zero attached hydrogens (tertiary/aromatic N) is 2. The third kappa shape index (κ3) is 7.37. The van der Waals surface area contributed by atoms with E-state index < -0.39 is 33.3 Å². The van der Waals surface area contributed by atoms with Gasteiger partial charge < -0.3 is 9.64 Å². The maximum absolute atomic E-state index is 13.6. The van der Waals surface area contributed by atoms with Crippen molar-refractivity contribution in [3.05, 3.63) is 64.2 Å². The van der Waals surface area contributed by atoms with Crippen molar-refractivity contribution in [2.75, 3.05) is 19.7 Å². The van der Waals surface area contributed by atoms with E-state index in [4.69, 9.17) is 16.3 Å². The Kier molecular flexibility index (Phi) is 8.91. The Hall–Kier alpha value is -2.76. The summed E-state index contributed by atoms with van der Waals surface area (Å²) < 4.78 is 58.7. The maximum atomic E-state index is 13.6. The first-order valence-corrected chi connectivity index (χ1v) is 13.3. The van der Waals surface area contributed by atoms with Crippen molar-refractivity contribution >= 4 is 33.4 Å². The van der Waals surface area contributed by atoms with Gasteiger partial charge in [-0.15, -0.1) is 0 Å². The average molecular weight is 544 g/mol. The normalized spacial score (nSPS) is 18.7. The minimum atomic E-state index is -3.97. The first kappa shape index (κ1) is 27.8. The van der Waals surface area contributed by atoms with Crippen LogP contribution >= 0.6 is 11.6 Å². The molecule has 1 aliphatic heterocycles. The first-order valence-electron chi connectivity index (χ1n) is 11.2. The molecule has 8 nitrogen and oxygen atoms in total. The average Bonchev–Trinajstić information content (AvgIpc) is 2.76. The molecule has 1 saturated heterocycles. The Morgan fingerprint density at radius 1 is 1.08 bits per heavy atom. The Morgan fingerprint density at radius 2 is 1.81 bits per heavy atom. The van der Waals surface area contributed by atoms with Gasteiger partial charge in [-0.2, -0.15) is 0 Å².